The molecule has 90 valence electrons. The van der Waals surface area contributed by atoms with E-state index >= 15 is 0 Å². The zero-order valence-electron chi connectivity index (χ0n) is 9.61. The number of aryl methyl sites for hydroxylation is 3. The van der Waals surface area contributed by atoms with Crippen molar-refractivity contribution in [2.24, 2.45) is 5.73 Å². The van der Waals surface area contributed by atoms with E-state index in [0.717, 1.165) is 23.5 Å². The van der Waals surface area contributed by atoms with Crippen LogP contribution in [0.3, 0.4) is 0 Å². The smallest absolute Gasteiger partial charge is 0.268 e. The molecule has 1 aliphatic carbocycles. The van der Waals surface area contributed by atoms with Crippen LogP contribution in [0, 0.1) is 0 Å². The largest absolute Gasteiger partial charge is 0.333 e. The van der Waals surface area contributed by atoms with E-state index in [-0.39, 0.29) is 0 Å². The predicted molar refractivity (Wildman–Crippen MR) is 67.0 cm³/mol. The monoisotopic (exact) mass is 249 g/mol. The number of fused-ring (bicyclic) bond motifs is 1. The number of aromatic nitrogens is 2. The molecule has 0 atom stereocenters. The van der Waals surface area contributed by atoms with Crippen LogP contribution in [0.4, 0.5) is 0 Å². The Labute approximate surface area is 104 Å². The maximum Gasteiger partial charge on any atom is 0.268 e. The van der Waals surface area contributed by atoms with Crippen LogP contribution >= 0.6 is 11.3 Å². The molecule has 0 saturated heterocycles. The SMILES string of the molecule is NCCCc1noc(-c2cc3c(s2)CCC3)n1. The van der Waals surface area contributed by atoms with E-state index in [2.05, 4.69) is 16.2 Å². The third-order valence-corrected chi connectivity index (χ3v) is 4.26. The summed E-state index contributed by atoms with van der Waals surface area (Å²) in [5.74, 6) is 1.43. The molecule has 5 heteroatoms. The fourth-order valence-corrected chi connectivity index (χ4v) is 3.33. The van der Waals surface area contributed by atoms with E-state index in [9.17, 15) is 0 Å². The average Bonchev–Trinajstić information content (AvgIpc) is 3.00. The Morgan fingerprint density at radius 2 is 2.35 bits per heavy atom. The zero-order valence-corrected chi connectivity index (χ0v) is 10.4. The van der Waals surface area contributed by atoms with E-state index in [1.54, 1.807) is 11.3 Å². The Bertz CT molecular complexity index is 496. The summed E-state index contributed by atoms with van der Waals surface area (Å²) in [5, 5.41) is 3.98. The van der Waals surface area contributed by atoms with Crippen molar-refractivity contribution in [2.45, 2.75) is 32.1 Å². The van der Waals surface area contributed by atoms with E-state index in [0.29, 0.717) is 12.4 Å². The Hall–Kier alpha value is -1.20. The molecule has 0 saturated carbocycles. The third-order valence-electron chi connectivity index (χ3n) is 3.03. The van der Waals surface area contributed by atoms with Crippen molar-refractivity contribution in [2.75, 3.05) is 6.54 Å². The van der Waals surface area contributed by atoms with Gasteiger partial charge in [0.1, 0.15) is 0 Å². The lowest BCUT2D eigenvalue weighted by molar-refractivity contribution is 0.422. The second-order valence-corrected chi connectivity index (χ2v) is 5.46. The van der Waals surface area contributed by atoms with Crippen molar-refractivity contribution in [1.29, 1.82) is 0 Å². The van der Waals surface area contributed by atoms with Crippen LogP contribution in [0.2, 0.25) is 0 Å². The number of hydrogen-bond donors (Lipinski definition) is 1. The van der Waals surface area contributed by atoms with Crippen molar-refractivity contribution in [3.05, 3.63) is 22.3 Å². The predicted octanol–water partition coefficient (Wildman–Crippen LogP) is 2.18. The topological polar surface area (TPSA) is 64.9 Å². The van der Waals surface area contributed by atoms with E-state index in [4.69, 9.17) is 10.3 Å². The molecule has 0 amide bonds. The number of nitrogens with zero attached hydrogens (tertiary/aromatic N) is 2. The number of hydrogen-bond acceptors (Lipinski definition) is 5. The standard InChI is InChI=1S/C12H15N3OS/c13-6-2-5-11-14-12(16-15-11)10-7-8-3-1-4-9(8)17-10/h7H,1-6,13H2. The van der Waals surface area contributed by atoms with Crippen LogP contribution in [-0.4, -0.2) is 16.7 Å². The summed E-state index contributed by atoms with van der Waals surface area (Å²) >= 11 is 1.79. The van der Waals surface area contributed by atoms with Crippen molar-refractivity contribution in [1.82, 2.24) is 10.1 Å². The van der Waals surface area contributed by atoms with Gasteiger partial charge in [0, 0.05) is 11.3 Å². The minimum absolute atomic E-state index is 0.663. The lowest BCUT2D eigenvalue weighted by Gasteiger charge is -1.88. The first-order valence-corrected chi connectivity index (χ1v) is 6.83. The molecular formula is C12H15N3OS. The van der Waals surface area contributed by atoms with Crippen LogP contribution in [0.5, 0.6) is 0 Å². The molecular weight excluding hydrogens is 234 g/mol. The van der Waals surface area contributed by atoms with Gasteiger partial charge < -0.3 is 10.3 Å². The molecule has 2 aromatic rings. The maximum atomic E-state index is 5.46. The molecule has 0 radical (unpaired) electrons. The van der Waals surface area contributed by atoms with E-state index in [1.807, 2.05) is 0 Å². The maximum absolute atomic E-state index is 5.46. The molecule has 17 heavy (non-hydrogen) atoms. The van der Waals surface area contributed by atoms with E-state index in [1.165, 1.54) is 29.7 Å². The lowest BCUT2D eigenvalue weighted by atomic mass is 10.2. The number of thiophene rings is 1. The first-order chi connectivity index (χ1) is 8.36. The molecule has 2 heterocycles. The Morgan fingerprint density at radius 1 is 1.41 bits per heavy atom. The van der Waals surface area contributed by atoms with Gasteiger partial charge in [-0.1, -0.05) is 5.16 Å². The molecule has 4 nitrogen and oxygen atoms in total. The summed E-state index contributed by atoms with van der Waals surface area (Å²) in [7, 11) is 0. The second-order valence-electron chi connectivity index (χ2n) is 4.32. The van der Waals surface area contributed by atoms with Crippen LogP contribution in [0.15, 0.2) is 10.6 Å². The minimum atomic E-state index is 0.663. The molecule has 0 unspecified atom stereocenters. The summed E-state index contributed by atoms with van der Waals surface area (Å²) in [6.45, 7) is 0.664. The highest BCUT2D eigenvalue weighted by atomic mass is 32.1. The van der Waals surface area contributed by atoms with Crippen LogP contribution in [-0.2, 0) is 19.3 Å². The Kier molecular flexibility index (Phi) is 2.94. The molecule has 0 bridgehead atoms. The normalized spacial score (nSPS) is 14.2. The van der Waals surface area contributed by atoms with Crippen LogP contribution in [0.1, 0.15) is 29.1 Å². The highest BCUT2D eigenvalue weighted by Gasteiger charge is 2.18. The van der Waals surface area contributed by atoms with Gasteiger partial charge in [-0.25, -0.2) is 0 Å². The summed E-state index contributed by atoms with van der Waals surface area (Å²) < 4.78 is 5.29. The summed E-state index contributed by atoms with van der Waals surface area (Å²) in [6.07, 6.45) is 5.38. The van der Waals surface area contributed by atoms with E-state index < -0.39 is 0 Å². The van der Waals surface area contributed by atoms with Crippen molar-refractivity contribution >= 4 is 11.3 Å². The van der Waals surface area contributed by atoms with Gasteiger partial charge in [0.2, 0.25) is 0 Å². The molecule has 0 fully saturated rings. The molecule has 2 N–H and O–H groups in total. The van der Waals surface area contributed by atoms with Gasteiger partial charge in [-0.05, 0) is 43.9 Å². The first kappa shape index (κ1) is 10.9. The molecule has 0 aromatic carbocycles. The van der Waals surface area contributed by atoms with Gasteiger partial charge in [-0.3, -0.25) is 0 Å². The lowest BCUT2D eigenvalue weighted by Crippen LogP contribution is -2.01. The highest BCUT2D eigenvalue weighted by Crippen LogP contribution is 2.35. The quantitative estimate of drug-likeness (QED) is 0.902. The van der Waals surface area contributed by atoms with Gasteiger partial charge in [-0.2, -0.15) is 4.98 Å². The highest BCUT2D eigenvalue weighted by molar-refractivity contribution is 7.15. The van der Waals surface area contributed by atoms with Crippen molar-refractivity contribution in [3.63, 3.8) is 0 Å². The number of rotatable bonds is 4. The number of nitrogens with two attached hydrogens (primary N) is 1. The first-order valence-electron chi connectivity index (χ1n) is 6.01. The van der Waals surface area contributed by atoms with Gasteiger partial charge in [0.05, 0.1) is 4.88 Å². The molecule has 0 spiro atoms. The molecule has 1 aliphatic rings. The molecule has 0 aliphatic heterocycles. The summed E-state index contributed by atoms with van der Waals surface area (Å²) in [4.78, 5) is 7.01. The zero-order chi connectivity index (χ0) is 11.7. The Balaban J connectivity index is 1.80. The van der Waals surface area contributed by atoms with Gasteiger partial charge in [0.15, 0.2) is 5.82 Å². The third kappa shape index (κ3) is 2.12. The van der Waals surface area contributed by atoms with Gasteiger partial charge >= 0.3 is 0 Å². The van der Waals surface area contributed by atoms with Gasteiger partial charge in [0.25, 0.3) is 5.89 Å². The van der Waals surface area contributed by atoms with Gasteiger partial charge in [-0.15, -0.1) is 11.3 Å². The minimum Gasteiger partial charge on any atom is -0.333 e. The fourth-order valence-electron chi connectivity index (χ4n) is 2.15. The van der Waals surface area contributed by atoms with Crippen LogP contribution in [0.25, 0.3) is 10.8 Å². The Morgan fingerprint density at radius 3 is 3.18 bits per heavy atom. The second kappa shape index (κ2) is 4.58. The van der Waals surface area contributed by atoms with Crippen LogP contribution < -0.4 is 5.73 Å². The summed E-state index contributed by atoms with van der Waals surface area (Å²) in [6, 6.07) is 2.20. The molecule has 3 rings (SSSR count). The fraction of sp³-hybridized carbons (Fsp3) is 0.500. The molecule has 2 aromatic heterocycles. The summed E-state index contributed by atoms with van der Waals surface area (Å²) in [5.41, 5.74) is 6.92. The average molecular weight is 249 g/mol. The van der Waals surface area contributed by atoms with Crippen molar-refractivity contribution < 1.29 is 4.52 Å². The van der Waals surface area contributed by atoms with Crippen molar-refractivity contribution in [3.8, 4) is 10.8 Å².